The van der Waals surface area contributed by atoms with Crippen LogP contribution in [0.5, 0.6) is 11.5 Å². The normalized spacial score (nSPS) is 19.2. The lowest BCUT2D eigenvalue weighted by molar-refractivity contribution is -0.135. The molecule has 0 radical (unpaired) electrons. The molecule has 28 heavy (non-hydrogen) atoms. The third-order valence-corrected chi connectivity index (χ3v) is 5.09. The lowest BCUT2D eigenvalue weighted by atomic mass is 10.00. The van der Waals surface area contributed by atoms with Crippen molar-refractivity contribution in [2.75, 3.05) is 26.5 Å². The van der Waals surface area contributed by atoms with Crippen molar-refractivity contribution in [3.8, 4) is 11.5 Å². The number of benzene rings is 2. The van der Waals surface area contributed by atoms with Crippen LogP contribution in [0.3, 0.4) is 0 Å². The molecule has 0 spiro atoms. The molecule has 0 aromatic heterocycles. The Morgan fingerprint density at radius 3 is 2.71 bits per heavy atom. The van der Waals surface area contributed by atoms with Crippen LogP contribution in [0.2, 0.25) is 0 Å². The zero-order chi connectivity index (χ0) is 19.6. The fraction of sp³-hybridized carbons (Fsp3) is 0.409. The van der Waals surface area contributed by atoms with Crippen molar-refractivity contribution in [1.82, 2.24) is 10.2 Å². The fourth-order valence-corrected chi connectivity index (χ4v) is 3.77. The molecular weight excluding hydrogens is 356 g/mol. The van der Waals surface area contributed by atoms with E-state index in [9.17, 15) is 4.79 Å². The minimum absolute atomic E-state index is 0.0124. The van der Waals surface area contributed by atoms with Gasteiger partial charge in [0.2, 0.25) is 12.7 Å². The van der Waals surface area contributed by atoms with E-state index in [1.54, 1.807) is 0 Å². The highest BCUT2D eigenvalue weighted by atomic mass is 16.7. The van der Waals surface area contributed by atoms with Gasteiger partial charge in [-0.25, -0.2) is 0 Å². The predicted octanol–water partition coefficient (Wildman–Crippen LogP) is 2.88. The summed E-state index contributed by atoms with van der Waals surface area (Å²) in [5.41, 5.74) is 1.69. The summed E-state index contributed by atoms with van der Waals surface area (Å²) in [5.74, 6) is 1.45. The zero-order valence-electron chi connectivity index (χ0n) is 16.3. The van der Waals surface area contributed by atoms with E-state index in [1.807, 2.05) is 48.5 Å². The number of carbonyl (C=O) groups excluding carboxylic acids is 1. The average Bonchev–Trinajstić information content (AvgIpc) is 3.14. The summed E-state index contributed by atoms with van der Waals surface area (Å²) in [5, 5.41) is 3.10. The van der Waals surface area contributed by atoms with Crippen molar-refractivity contribution < 1.29 is 19.0 Å². The first kappa shape index (κ1) is 18.8. The number of nitrogens with zero attached hydrogens (tertiary/aromatic N) is 1. The van der Waals surface area contributed by atoms with Crippen LogP contribution in [-0.2, 0) is 16.1 Å². The Balaban J connectivity index is 1.50. The lowest BCUT2D eigenvalue weighted by Gasteiger charge is -2.41. The molecule has 0 aliphatic carbocycles. The molecule has 6 nitrogen and oxygen atoms in total. The molecule has 1 amide bonds. The minimum atomic E-state index is -0.349. The summed E-state index contributed by atoms with van der Waals surface area (Å²) >= 11 is 0. The number of morpholine rings is 1. The fourth-order valence-electron chi connectivity index (χ4n) is 3.77. The molecule has 1 fully saturated rings. The summed E-state index contributed by atoms with van der Waals surface area (Å²) in [6, 6.07) is 15.3. The number of rotatable bonds is 5. The van der Waals surface area contributed by atoms with Gasteiger partial charge in [0.05, 0.1) is 12.2 Å². The van der Waals surface area contributed by atoms with Crippen LogP contribution in [-0.4, -0.2) is 42.9 Å². The minimum Gasteiger partial charge on any atom is -0.454 e. The van der Waals surface area contributed by atoms with Gasteiger partial charge in [-0.2, -0.15) is 0 Å². The monoisotopic (exact) mass is 382 g/mol. The van der Waals surface area contributed by atoms with Crippen LogP contribution >= 0.6 is 0 Å². The van der Waals surface area contributed by atoms with Gasteiger partial charge in [-0.05, 0) is 37.1 Å². The first-order valence-corrected chi connectivity index (χ1v) is 9.61. The van der Waals surface area contributed by atoms with Crippen LogP contribution in [0.4, 0.5) is 0 Å². The Kier molecular flexibility index (Phi) is 5.24. The Labute approximate surface area is 165 Å². The van der Waals surface area contributed by atoms with Gasteiger partial charge in [0, 0.05) is 19.6 Å². The number of nitrogens with one attached hydrogen (secondary N) is 1. The van der Waals surface area contributed by atoms with Crippen molar-refractivity contribution in [3.05, 3.63) is 59.7 Å². The Morgan fingerprint density at radius 2 is 1.93 bits per heavy atom. The van der Waals surface area contributed by atoms with Gasteiger partial charge in [0.1, 0.15) is 6.04 Å². The maximum Gasteiger partial charge on any atom is 0.242 e. The van der Waals surface area contributed by atoms with Gasteiger partial charge >= 0.3 is 0 Å². The van der Waals surface area contributed by atoms with Gasteiger partial charge < -0.3 is 19.5 Å². The Morgan fingerprint density at radius 1 is 1.14 bits per heavy atom. The first-order valence-electron chi connectivity index (χ1n) is 9.61. The molecule has 1 unspecified atom stereocenters. The molecule has 4 rings (SSSR count). The van der Waals surface area contributed by atoms with Crippen LogP contribution in [0.25, 0.3) is 0 Å². The van der Waals surface area contributed by atoms with E-state index in [4.69, 9.17) is 14.2 Å². The molecule has 6 heteroatoms. The van der Waals surface area contributed by atoms with Crippen molar-refractivity contribution in [2.24, 2.45) is 0 Å². The highest BCUT2D eigenvalue weighted by Crippen LogP contribution is 2.32. The standard InChI is InChI=1S/C22H26N2O4/c1-22(2)14-24(10-11-28-22)20(17-6-4-3-5-7-17)21(25)23-13-16-8-9-18-19(12-16)27-15-26-18/h3-9,12,20H,10-11,13-15H2,1-2H3,(H,23,25). The van der Waals surface area contributed by atoms with E-state index in [-0.39, 0.29) is 24.3 Å². The molecule has 2 heterocycles. The summed E-state index contributed by atoms with van der Waals surface area (Å²) in [7, 11) is 0. The van der Waals surface area contributed by atoms with Gasteiger partial charge in [0.25, 0.3) is 0 Å². The van der Waals surface area contributed by atoms with E-state index < -0.39 is 0 Å². The molecule has 0 bridgehead atoms. The zero-order valence-corrected chi connectivity index (χ0v) is 16.3. The third kappa shape index (κ3) is 4.13. The van der Waals surface area contributed by atoms with E-state index in [2.05, 4.69) is 24.1 Å². The number of hydrogen-bond donors (Lipinski definition) is 1. The largest absolute Gasteiger partial charge is 0.454 e. The SMILES string of the molecule is CC1(C)CN(C(C(=O)NCc2ccc3c(c2)OCO3)c2ccccc2)CCO1. The van der Waals surface area contributed by atoms with Crippen LogP contribution in [0, 0.1) is 0 Å². The van der Waals surface area contributed by atoms with Crippen LogP contribution in [0.15, 0.2) is 48.5 Å². The van der Waals surface area contributed by atoms with E-state index in [0.29, 0.717) is 19.7 Å². The Bertz CT molecular complexity index is 838. The van der Waals surface area contributed by atoms with Crippen molar-refractivity contribution in [2.45, 2.75) is 32.0 Å². The predicted molar refractivity (Wildman–Crippen MR) is 105 cm³/mol. The van der Waals surface area contributed by atoms with Crippen molar-refractivity contribution >= 4 is 5.91 Å². The van der Waals surface area contributed by atoms with Gasteiger partial charge in [-0.15, -0.1) is 0 Å². The maximum atomic E-state index is 13.2. The summed E-state index contributed by atoms with van der Waals surface area (Å²) in [4.78, 5) is 15.4. The van der Waals surface area contributed by atoms with E-state index >= 15 is 0 Å². The molecule has 2 aromatic rings. The smallest absolute Gasteiger partial charge is 0.242 e. The number of fused-ring (bicyclic) bond motifs is 1. The molecule has 1 saturated heterocycles. The molecule has 148 valence electrons. The van der Waals surface area contributed by atoms with Crippen LogP contribution < -0.4 is 14.8 Å². The molecule has 1 atom stereocenters. The molecular formula is C22H26N2O4. The maximum absolute atomic E-state index is 13.2. The summed E-state index contributed by atoms with van der Waals surface area (Å²) < 4.78 is 16.6. The highest BCUT2D eigenvalue weighted by Gasteiger charge is 2.35. The molecule has 2 aromatic carbocycles. The number of hydrogen-bond acceptors (Lipinski definition) is 5. The van der Waals surface area contributed by atoms with Gasteiger partial charge in [-0.3, -0.25) is 9.69 Å². The second-order valence-corrected chi connectivity index (χ2v) is 7.80. The quantitative estimate of drug-likeness (QED) is 0.862. The molecule has 2 aliphatic rings. The second kappa shape index (κ2) is 7.81. The lowest BCUT2D eigenvalue weighted by Crippen LogP contribution is -2.52. The molecule has 1 N–H and O–H groups in total. The number of amides is 1. The first-order chi connectivity index (χ1) is 13.5. The summed E-state index contributed by atoms with van der Waals surface area (Å²) in [6.07, 6.45) is 0. The average molecular weight is 382 g/mol. The number of ether oxygens (including phenoxy) is 3. The van der Waals surface area contributed by atoms with Crippen LogP contribution in [0.1, 0.15) is 31.0 Å². The molecule has 0 saturated carbocycles. The molecule has 2 aliphatic heterocycles. The van der Waals surface area contributed by atoms with Gasteiger partial charge in [0.15, 0.2) is 11.5 Å². The third-order valence-electron chi connectivity index (χ3n) is 5.09. The van der Waals surface area contributed by atoms with Crippen molar-refractivity contribution in [3.63, 3.8) is 0 Å². The van der Waals surface area contributed by atoms with Crippen molar-refractivity contribution in [1.29, 1.82) is 0 Å². The van der Waals surface area contributed by atoms with E-state index in [1.165, 1.54) is 0 Å². The van der Waals surface area contributed by atoms with E-state index in [0.717, 1.165) is 29.2 Å². The topological polar surface area (TPSA) is 60.0 Å². The summed E-state index contributed by atoms with van der Waals surface area (Å²) in [6.45, 7) is 6.84. The van der Waals surface area contributed by atoms with Gasteiger partial charge in [-0.1, -0.05) is 36.4 Å². The number of carbonyl (C=O) groups is 1. The Hall–Kier alpha value is -2.57. The highest BCUT2D eigenvalue weighted by molar-refractivity contribution is 5.83. The second-order valence-electron chi connectivity index (χ2n) is 7.80.